The molecule has 136 valence electrons. The van der Waals surface area contributed by atoms with Gasteiger partial charge in [0.05, 0.1) is 0 Å². The van der Waals surface area contributed by atoms with Crippen LogP contribution in [0.15, 0.2) is 9.59 Å². The van der Waals surface area contributed by atoms with E-state index in [2.05, 4.69) is 0 Å². The number of Topliss-reactive ketones (excluding diaryl/α,β-unsaturated/α-hetero) is 1. The number of hydrogen-bond acceptors (Lipinski definition) is 6. The summed E-state index contributed by atoms with van der Waals surface area (Å²) in [5, 5.41) is 0. The molecule has 3 atom stereocenters. The second kappa shape index (κ2) is 6.50. The SMILES string of the molecule is Cn1c(N)c(C(=O)COC(=O)C[C@H]2C[C@@H]3CC[C@H]2C3)c(=O)n(C)c1=O. The van der Waals surface area contributed by atoms with Gasteiger partial charge in [-0.15, -0.1) is 0 Å². The third-order valence-corrected chi connectivity index (χ3v) is 5.67. The topological polar surface area (TPSA) is 113 Å². The third kappa shape index (κ3) is 3.12. The van der Waals surface area contributed by atoms with E-state index in [-0.39, 0.29) is 11.4 Å². The van der Waals surface area contributed by atoms with E-state index in [0.717, 1.165) is 21.5 Å². The highest BCUT2D eigenvalue weighted by atomic mass is 16.5. The van der Waals surface area contributed by atoms with E-state index >= 15 is 0 Å². The van der Waals surface area contributed by atoms with E-state index in [1.54, 1.807) is 0 Å². The van der Waals surface area contributed by atoms with Gasteiger partial charge in [0.2, 0.25) is 5.78 Å². The lowest BCUT2D eigenvalue weighted by molar-refractivity contribution is -0.144. The zero-order chi connectivity index (χ0) is 18.3. The molecule has 8 nitrogen and oxygen atoms in total. The summed E-state index contributed by atoms with van der Waals surface area (Å²) in [7, 11) is 2.64. The van der Waals surface area contributed by atoms with Crippen LogP contribution in [0.4, 0.5) is 5.82 Å². The Morgan fingerprint density at radius 1 is 1.16 bits per heavy atom. The molecule has 0 radical (unpaired) electrons. The summed E-state index contributed by atoms with van der Waals surface area (Å²) in [5.74, 6) is 0.331. The van der Waals surface area contributed by atoms with Crippen LogP contribution in [0.25, 0.3) is 0 Å². The van der Waals surface area contributed by atoms with Crippen molar-refractivity contribution in [3.05, 3.63) is 26.4 Å². The van der Waals surface area contributed by atoms with Crippen molar-refractivity contribution in [2.45, 2.75) is 32.1 Å². The van der Waals surface area contributed by atoms with Gasteiger partial charge in [-0.1, -0.05) is 6.42 Å². The molecule has 1 aromatic rings. The summed E-state index contributed by atoms with van der Waals surface area (Å²) >= 11 is 0. The van der Waals surface area contributed by atoms with Crippen LogP contribution in [0.2, 0.25) is 0 Å². The third-order valence-electron chi connectivity index (χ3n) is 5.67. The molecule has 0 spiro atoms. The number of anilines is 1. The molecule has 2 bridgehead atoms. The zero-order valence-electron chi connectivity index (χ0n) is 14.5. The maximum atomic E-state index is 12.3. The molecule has 3 rings (SSSR count). The molecule has 1 heterocycles. The Hall–Kier alpha value is -2.38. The molecule has 1 aromatic heterocycles. The number of hydrogen-bond donors (Lipinski definition) is 1. The molecular weight excluding hydrogens is 326 g/mol. The first-order valence-corrected chi connectivity index (χ1v) is 8.54. The lowest BCUT2D eigenvalue weighted by atomic mass is 9.86. The maximum absolute atomic E-state index is 12.3. The number of nitrogens with two attached hydrogens (primary N) is 1. The number of rotatable bonds is 5. The Morgan fingerprint density at radius 2 is 1.88 bits per heavy atom. The summed E-state index contributed by atoms with van der Waals surface area (Å²) in [6, 6.07) is 0. The molecule has 0 aromatic carbocycles. The van der Waals surface area contributed by atoms with Gasteiger partial charge in [0, 0.05) is 20.5 Å². The molecule has 0 amide bonds. The van der Waals surface area contributed by atoms with Crippen molar-refractivity contribution in [2.24, 2.45) is 31.8 Å². The molecule has 8 heteroatoms. The van der Waals surface area contributed by atoms with Gasteiger partial charge >= 0.3 is 11.7 Å². The minimum absolute atomic E-state index is 0.220. The molecule has 2 N–H and O–H groups in total. The fraction of sp³-hybridized carbons (Fsp3) is 0.647. The number of nitrogens with zero attached hydrogens (tertiary/aromatic N) is 2. The van der Waals surface area contributed by atoms with E-state index in [4.69, 9.17) is 10.5 Å². The van der Waals surface area contributed by atoms with Crippen LogP contribution in [0.3, 0.4) is 0 Å². The van der Waals surface area contributed by atoms with Gasteiger partial charge in [0.1, 0.15) is 11.4 Å². The standard InChI is InChI=1S/C17H23N3O5/c1-19-15(18)14(16(23)20(2)17(19)24)12(21)8-25-13(22)7-11-6-9-3-4-10(11)5-9/h9-11H,3-8,18H2,1-2H3/t9-,10+,11-/m1/s1. The van der Waals surface area contributed by atoms with Crippen molar-refractivity contribution in [3.8, 4) is 0 Å². The summed E-state index contributed by atoms with van der Waals surface area (Å²) in [5.41, 5.74) is 4.00. The Kier molecular flexibility index (Phi) is 4.53. The monoisotopic (exact) mass is 349 g/mol. The summed E-state index contributed by atoms with van der Waals surface area (Å²) in [4.78, 5) is 48.2. The highest BCUT2D eigenvalue weighted by Crippen LogP contribution is 2.49. The maximum Gasteiger partial charge on any atom is 0.332 e. The van der Waals surface area contributed by atoms with Gasteiger partial charge in [0.25, 0.3) is 5.56 Å². The Morgan fingerprint density at radius 3 is 2.48 bits per heavy atom. The van der Waals surface area contributed by atoms with Crippen molar-refractivity contribution >= 4 is 17.6 Å². The van der Waals surface area contributed by atoms with Crippen LogP contribution in [0, 0.1) is 17.8 Å². The van der Waals surface area contributed by atoms with Gasteiger partial charge in [-0.3, -0.25) is 23.5 Å². The second-order valence-electron chi connectivity index (χ2n) is 7.19. The van der Waals surface area contributed by atoms with Crippen LogP contribution < -0.4 is 17.0 Å². The summed E-state index contributed by atoms with van der Waals surface area (Å²) in [6.45, 7) is -0.544. The lowest BCUT2D eigenvalue weighted by Crippen LogP contribution is -2.42. The molecule has 0 aliphatic heterocycles. The van der Waals surface area contributed by atoms with E-state index in [1.165, 1.54) is 33.4 Å². The highest BCUT2D eigenvalue weighted by Gasteiger charge is 2.40. The van der Waals surface area contributed by atoms with Crippen LogP contribution in [0.1, 0.15) is 42.5 Å². The van der Waals surface area contributed by atoms with Crippen molar-refractivity contribution in [3.63, 3.8) is 0 Å². The first-order valence-electron chi connectivity index (χ1n) is 8.54. The summed E-state index contributed by atoms with van der Waals surface area (Å²) in [6.07, 6.45) is 4.99. The molecule has 2 saturated carbocycles. The number of nitrogen functional groups attached to an aromatic ring is 1. The minimum Gasteiger partial charge on any atom is -0.457 e. The number of ether oxygens (including phenoxy) is 1. The predicted octanol–water partition coefficient (Wildman–Crippen LogP) is 0.218. The predicted molar refractivity (Wildman–Crippen MR) is 90.2 cm³/mol. The lowest BCUT2D eigenvalue weighted by Gasteiger charge is -2.20. The smallest absolute Gasteiger partial charge is 0.332 e. The quantitative estimate of drug-likeness (QED) is 0.601. The average Bonchev–Trinajstić information content (AvgIpc) is 3.19. The summed E-state index contributed by atoms with van der Waals surface area (Å²) < 4.78 is 6.89. The number of ketones is 1. The number of carbonyl (C=O) groups excluding carboxylic acids is 2. The first kappa shape index (κ1) is 17.4. The molecule has 2 aliphatic carbocycles. The molecule has 0 saturated heterocycles. The van der Waals surface area contributed by atoms with Gasteiger partial charge in [0.15, 0.2) is 6.61 Å². The van der Waals surface area contributed by atoms with Crippen molar-refractivity contribution in [1.29, 1.82) is 0 Å². The van der Waals surface area contributed by atoms with Gasteiger partial charge in [-0.2, -0.15) is 0 Å². The normalized spacial score (nSPS) is 24.5. The van der Waals surface area contributed by atoms with Crippen LogP contribution in [-0.2, 0) is 23.6 Å². The van der Waals surface area contributed by atoms with Gasteiger partial charge in [-0.05, 0) is 37.0 Å². The molecule has 2 fully saturated rings. The van der Waals surface area contributed by atoms with E-state index < -0.39 is 29.6 Å². The second-order valence-corrected chi connectivity index (χ2v) is 7.19. The largest absolute Gasteiger partial charge is 0.457 e. The Bertz CT molecular complexity index is 838. The zero-order valence-corrected chi connectivity index (χ0v) is 14.5. The van der Waals surface area contributed by atoms with Crippen molar-refractivity contribution in [2.75, 3.05) is 12.3 Å². The van der Waals surface area contributed by atoms with E-state index in [1.807, 2.05) is 0 Å². The number of esters is 1. The molecular formula is C17H23N3O5. The molecule has 25 heavy (non-hydrogen) atoms. The van der Waals surface area contributed by atoms with E-state index in [0.29, 0.717) is 18.3 Å². The van der Waals surface area contributed by atoms with Gasteiger partial charge in [-0.25, -0.2) is 4.79 Å². The Balaban J connectivity index is 1.64. The average molecular weight is 349 g/mol. The Labute approximate surface area is 144 Å². The molecule has 0 unspecified atom stereocenters. The van der Waals surface area contributed by atoms with Crippen molar-refractivity contribution in [1.82, 2.24) is 9.13 Å². The van der Waals surface area contributed by atoms with Gasteiger partial charge < -0.3 is 10.5 Å². The van der Waals surface area contributed by atoms with E-state index in [9.17, 15) is 19.2 Å². The number of carbonyl (C=O) groups is 2. The minimum atomic E-state index is -0.783. The van der Waals surface area contributed by atoms with Crippen molar-refractivity contribution < 1.29 is 14.3 Å². The first-order chi connectivity index (χ1) is 11.8. The number of fused-ring (bicyclic) bond motifs is 2. The number of aromatic nitrogens is 2. The molecule has 2 aliphatic rings. The van der Waals surface area contributed by atoms with Crippen LogP contribution in [-0.4, -0.2) is 27.5 Å². The fourth-order valence-corrected chi connectivity index (χ4v) is 4.24. The fourth-order valence-electron chi connectivity index (χ4n) is 4.24. The highest BCUT2D eigenvalue weighted by molar-refractivity contribution is 6.01. The van der Waals surface area contributed by atoms with Crippen LogP contribution >= 0.6 is 0 Å². The van der Waals surface area contributed by atoms with Crippen LogP contribution in [0.5, 0.6) is 0 Å².